The lowest BCUT2D eigenvalue weighted by Gasteiger charge is -2.06. The van der Waals surface area contributed by atoms with E-state index in [2.05, 4.69) is 10.6 Å². The second-order valence-corrected chi connectivity index (χ2v) is 6.65. The van der Waals surface area contributed by atoms with Crippen molar-refractivity contribution in [3.8, 4) is 0 Å². The Morgan fingerprint density at radius 1 is 1.30 bits per heavy atom. The van der Waals surface area contributed by atoms with Gasteiger partial charge in [-0.1, -0.05) is 0 Å². The minimum absolute atomic E-state index is 0.00289. The third-order valence-corrected chi connectivity index (χ3v) is 4.46. The van der Waals surface area contributed by atoms with E-state index in [-0.39, 0.29) is 25.0 Å². The largest absolute Gasteiger partial charge is 0.396 e. The number of aliphatic hydroxyl groups excluding tert-OH is 1. The summed E-state index contributed by atoms with van der Waals surface area (Å²) in [6, 6.07) is 3.63. The van der Waals surface area contributed by atoms with Gasteiger partial charge in [-0.3, -0.25) is 9.59 Å². The number of amides is 2. The number of hydrogen-bond donors (Lipinski definition) is 3. The number of aryl methyl sites for hydroxylation is 1. The van der Waals surface area contributed by atoms with E-state index in [1.54, 1.807) is 17.8 Å². The van der Waals surface area contributed by atoms with Gasteiger partial charge >= 0.3 is 0 Å². The number of thiophene rings is 1. The topological polar surface area (TPSA) is 78.4 Å². The minimum Gasteiger partial charge on any atom is -0.396 e. The fraction of sp³-hybridized carbons (Fsp3) is 0.538. The standard InChI is InChI=1S/C13H20N2O3S2/c1-10-3-4-11(20-10)13(18)15-9-12(17)14-5-8-19-7-2-6-16/h3-4,16H,2,5-9H2,1H3,(H,14,17)(H,15,18). The average Bonchev–Trinajstić information content (AvgIpc) is 2.86. The van der Waals surface area contributed by atoms with Crippen LogP contribution in [0.15, 0.2) is 12.1 Å². The van der Waals surface area contributed by atoms with Crippen LogP contribution < -0.4 is 10.6 Å². The first kappa shape index (κ1) is 17.0. The molecule has 1 aromatic rings. The Balaban J connectivity index is 2.09. The summed E-state index contributed by atoms with van der Waals surface area (Å²) in [6.45, 7) is 2.70. The number of nitrogens with one attached hydrogen (secondary N) is 2. The molecular weight excluding hydrogens is 296 g/mol. The molecule has 0 aromatic carbocycles. The Morgan fingerprint density at radius 2 is 2.10 bits per heavy atom. The van der Waals surface area contributed by atoms with Crippen molar-refractivity contribution in [2.75, 3.05) is 31.2 Å². The average molecular weight is 316 g/mol. The zero-order chi connectivity index (χ0) is 14.8. The Bertz CT molecular complexity index is 435. The summed E-state index contributed by atoms with van der Waals surface area (Å²) >= 11 is 3.09. The Labute approximate surface area is 127 Å². The number of carbonyl (C=O) groups excluding carboxylic acids is 2. The molecule has 0 saturated carbocycles. The predicted molar refractivity (Wildman–Crippen MR) is 83.4 cm³/mol. The molecule has 0 fully saturated rings. The molecule has 2 amide bonds. The van der Waals surface area contributed by atoms with Crippen molar-refractivity contribution in [1.82, 2.24) is 10.6 Å². The van der Waals surface area contributed by atoms with Gasteiger partial charge in [0.05, 0.1) is 11.4 Å². The quantitative estimate of drug-likeness (QED) is 0.594. The van der Waals surface area contributed by atoms with E-state index in [9.17, 15) is 9.59 Å². The monoisotopic (exact) mass is 316 g/mol. The zero-order valence-electron chi connectivity index (χ0n) is 11.5. The van der Waals surface area contributed by atoms with Crippen LogP contribution in [-0.2, 0) is 4.79 Å². The van der Waals surface area contributed by atoms with Crippen molar-refractivity contribution in [3.63, 3.8) is 0 Å². The molecule has 0 bridgehead atoms. The lowest BCUT2D eigenvalue weighted by Crippen LogP contribution is -2.37. The molecule has 20 heavy (non-hydrogen) atoms. The van der Waals surface area contributed by atoms with Gasteiger partial charge in [-0.2, -0.15) is 11.8 Å². The molecule has 0 aliphatic rings. The van der Waals surface area contributed by atoms with Gasteiger partial charge in [0.25, 0.3) is 5.91 Å². The third-order valence-electron chi connectivity index (χ3n) is 2.39. The molecular formula is C13H20N2O3S2. The molecule has 0 radical (unpaired) electrons. The summed E-state index contributed by atoms with van der Waals surface area (Å²) < 4.78 is 0. The van der Waals surface area contributed by atoms with Gasteiger partial charge in [0, 0.05) is 23.8 Å². The molecule has 1 heterocycles. The summed E-state index contributed by atoms with van der Waals surface area (Å²) in [7, 11) is 0. The number of thioether (sulfide) groups is 1. The van der Waals surface area contributed by atoms with E-state index in [0.717, 1.165) is 22.8 Å². The van der Waals surface area contributed by atoms with E-state index in [1.807, 2.05) is 13.0 Å². The van der Waals surface area contributed by atoms with Crippen LogP contribution >= 0.6 is 23.1 Å². The van der Waals surface area contributed by atoms with Crippen molar-refractivity contribution >= 4 is 34.9 Å². The van der Waals surface area contributed by atoms with E-state index in [0.29, 0.717) is 11.4 Å². The Hall–Kier alpha value is -1.05. The van der Waals surface area contributed by atoms with Crippen molar-refractivity contribution < 1.29 is 14.7 Å². The van der Waals surface area contributed by atoms with Crippen molar-refractivity contribution in [3.05, 3.63) is 21.9 Å². The first-order valence-corrected chi connectivity index (χ1v) is 8.40. The number of carbonyl (C=O) groups is 2. The minimum atomic E-state index is -0.212. The predicted octanol–water partition coefficient (Wildman–Crippen LogP) is 1.02. The van der Waals surface area contributed by atoms with Gasteiger partial charge in [-0.25, -0.2) is 0 Å². The van der Waals surface area contributed by atoms with Gasteiger partial charge in [-0.05, 0) is 31.2 Å². The number of aliphatic hydroxyl groups is 1. The van der Waals surface area contributed by atoms with E-state index < -0.39 is 0 Å². The lowest BCUT2D eigenvalue weighted by molar-refractivity contribution is -0.120. The molecule has 0 aliphatic carbocycles. The fourth-order valence-electron chi connectivity index (χ4n) is 1.40. The molecule has 1 rings (SSSR count). The number of hydrogen-bond acceptors (Lipinski definition) is 5. The first-order valence-electron chi connectivity index (χ1n) is 6.43. The molecule has 0 unspecified atom stereocenters. The van der Waals surface area contributed by atoms with Crippen LogP contribution in [0.4, 0.5) is 0 Å². The molecule has 3 N–H and O–H groups in total. The highest BCUT2D eigenvalue weighted by Crippen LogP contribution is 2.14. The summed E-state index contributed by atoms with van der Waals surface area (Å²) in [4.78, 5) is 24.9. The SMILES string of the molecule is Cc1ccc(C(=O)NCC(=O)NCCSCCCO)s1. The van der Waals surface area contributed by atoms with Crippen LogP contribution in [0.5, 0.6) is 0 Å². The first-order chi connectivity index (χ1) is 9.63. The zero-order valence-corrected chi connectivity index (χ0v) is 13.1. The number of rotatable bonds is 9. The molecule has 0 spiro atoms. The fourth-order valence-corrected chi connectivity index (χ4v) is 2.97. The molecule has 0 aliphatic heterocycles. The second-order valence-electron chi connectivity index (χ2n) is 4.13. The van der Waals surface area contributed by atoms with Gasteiger partial charge in [-0.15, -0.1) is 11.3 Å². The van der Waals surface area contributed by atoms with Crippen molar-refractivity contribution in [2.45, 2.75) is 13.3 Å². The highest BCUT2D eigenvalue weighted by Gasteiger charge is 2.09. The molecule has 7 heteroatoms. The normalized spacial score (nSPS) is 10.3. The van der Waals surface area contributed by atoms with E-state index in [1.165, 1.54) is 11.3 Å². The molecule has 0 atom stereocenters. The molecule has 112 valence electrons. The summed E-state index contributed by atoms with van der Waals surface area (Å²) in [6.07, 6.45) is 0.773. The lowest BCUT2D eigenvalue weighted by atomic mass is 10.4. The van der Waals surface area contributed by atoms with Crippen molar-refractivity contribution in [1.29, 1.82) is 0 Å². The van der Waals surface area contributed by atoms with Crippen LogP contribution in [0.25, 0.3) is 0 Å². The van der Waals surface area contributed by atoms with Gasteiger partial charge in [0.1, 0.15) is 0 Å². The Morgan fingerprint density at radius 3 is 2.75 bits per heavy atom. The molecule has 0 saturated heterocycles. The highest BCUT2D eigenvalue weighted by molar-refractivity contribution is 7.99. The van der Waals surface area contributed by atoms with Gasteiger partial charge in [0.15, 0.2) is 0 Å². The summed E-state index contributed by atoms with van der Waals surface area (Å²) in [5.74, 6) is 1.30. The maximum atomic E-state index is 11.7. The van der Waals surface area contributed by atoms with Crippen LogP contribution in [-0.4, -0.2) is 48.1 Å². The summed E-state index contributed by atoms with van der Waals surface area (Å²) in [5, 5.41) is 13.9. The molecule has 5 nitrogen and oxygen atoms in total. The van der Waals surface area contributed by atoms with Crippen molar-refractivity contribution in [2.24, 2.45) is 0 Å². The smallest absolute Gasteiger partial charge is 0.261 e. The van der Waals surface area contributed by atoms with Crippen LogP contribution in [0.3, 0.4) is 0 Å². The van der Waals surface area contributed by atoms with Gasteiger partial charge in [0.2, 0.25) is 5.91 Å². The molecule has 1 aromatic heterocycles. The highest BCUT2D eigenvalue weighted by atomic mass is 32.2. The second kappa shape index (κ2) is 9.79. The van der Waals surface area contributed by atoms with Crippen LogP contribution in [0.2, 0.25) is 0 Å². The van der Waals surface area contributed by atoms with Crippen LogP contribution in [0, 0.1) is 6.92 Å². The van der Waals surface area contributed by atoms with Gasteiger partial charge < -0.3 is 15.7 Å². The van der Waals surface area contributed by atoms with E-state index in [4.69, 9.17) is 5.11 Å². The Kier molecular flexibility index (Phi) is 8.32. The summed E-state index contributed by atoms with van der Waals surface area (Å²) in [5.41, 5.74) is 0. The maximum absolute atomic E-state index is 11.7. The maximum Gasteiger partial charge on any atom is 0.261 e. The van der Waals surface area contributed by atoms with Crippen LogP contribution in [0.1, 0.15) is 21.0 Å². The third kappa shape index (κ3) is 6.93. The van der Waals surface area contributed by atoms with E-state index >= 15 is 0 Å².